The van der Waals surface area contributed by atoms with Crippen LogP contribution in [0.15, 0.2) is 53.0 Å². The maximum Gasteiger partial charge on any atom is 0.204 e. The van der Waals surface area contributed by atoms with E-state index in [0.29, 0.717) is 17.1 Å². The number of methoxy groups -OCH3 is 1. The molecule has 1 atom stereocenters. The molecule has 2 aromatic carbocycles. The molecular weight excluding hydrogens is 372 g/mol. The zero-order valence-corrected chi connectivity index (χ0v) is 14.8. The van der Waals surface area contributed by atoms with Crippen molar-refractivity contribution < 1.29 is 9.53 Å². The number of hydrogen-bond acceptors (Lipinski definition) is 5. The van der Waals surface area contributed by atoms with E-state index < -0.39 is 6.04 Å². The van der Waals surface area contributed by atoms with E-state index in [-0.39, 0.29) is 5.78 Å². The molecule has 0 amide bonds. The second-order valence-corrected chi connectivity index (χ2v) is 6.12. The van der Waals surface area contributed by atoms with Crippen molar-refractivity contribution in [1.29, 1.82) is 0 Å². The number of Topliss-reactive ketones (excluding diaryl/α,β-unsaturated/α-hetero) is 1. The quantitative estimate of drug-likeness (QED) is 0.627. The van der Waals surface area contributed by atoms with Crippen LogP contribution in [0.4, 0.5) is 0 Å². The summed E-state index contributed by atoms with van der Waals surface area (Å²) in [4.78, 5) is 13.9. The van der Waals surface area contributed by atoms with Crippen molar-refractivity contribution in [3.8, 4) is 17.1 Å². The highest BCUT2D eigenvalue weighted by molar-refractivity contribution is 9.10. The van der Waals surface area contributed by atoms with Gasteiger partial charge in [-0.1, -0.05) is 15.9 Å². The maximum absolute atomic E-state index is 12.6. The smallest absolute Gasteiger partial charge is 0.204 e. The number of rotatable bonds is 5. The van der Waals surface area contributed by atoms with Crippen LogP contribution < -0.4 is 4.74 Å². The molecule has 122 valence electrons. The predicted molar refractivity (Wildman–Crippen MR) is 93.0 cm³/mol. The third-order valence-electron chi connectivity index (χ3n) is 3.63. The minimum atomic E-state index is -0.546. The Morgan fingerprint density at radius 2 is 1.79 bits per heavy atom. The topological polar surface area (TPSA) is 69.9 Å². The Bertz CT molecular complexity index is 844. The molecule has 0 N–H and O–H groups in total. The van der Waals surface area contributed by atoms with Gasteiger partial charge in [0.2, 0.25) is 5.82 Å². The van der Waals surface area contributed by atoms with Crippen LogP contribution in [0.1, 0.15) is 23.3 Å². The third-order valence-corrected chi connectivity index (χ3v) is 4.16. The fourth-order valence-electron chi connectivity index (χ4n) is 2.21. The number of tetrazole rings is 1. The molecule has 0 saturated heterocycles. The van der Waals surface area contributed by atoms with Crippen molar-refractivity contribution in [2.24, 2.45) is 0 Å². The number of aromatic nitrogens is 4. The average molecular weight is 387 g/mol. The van der Waals surface area contributed by atoms with E-state index in [2.05, 4.69) is 31.3 Å². The standard InChI is InChI=1S/C17H15BrN4O2/c1-11(16(23)12-5-9-15(24-2)10-6-12)22-20-17(19-21-22)13-3-7-14(18)8-4-13/h3-11H,1-2H3/t11-/m1/s1. The first-order valence-corrected chi connectivity index (χ1v) is 8.11. The van der Waals surface area contributed by atoms with Crippen molar-refractivity contribution in [1.82, 2.24) is 20.2 Å². The van der Waals surface area contributed by atoms with E-state index in [1.54, 1.807) is 38.3 Å². The van der Waals surface area contributed by atoms with Crippen LogP contribution in [-0.4, -0.2) is 33.1 Å². The van der Waals surface area contributed by atoms with Gasteiger partial charge in [-0.25, -0.2) is 0 Å². The minimum absolute atomic E-state index is 0.0857. The average Bonchev–Trinajstić information content (AvgIpc) is 3.11. The Hall–Kier alpha value is -2.54. The van der Waals surface area contributed by atoms with Gasteiger partial charge in [0.25, 0.3) is 0 Å². The fourth-order valence-corrected chi connectivity index (χ4v) is 2.47. The van der Waals surface area contributed by atoms with Crippen molar-refractivity contribution in [3.05, 3.63) is 58.6 Å². The highest BCUT2D eigenvalue weighted by Crippen LogP contribution is 2.20. The summed E-state index contributed by atoms with van der Waals surface area (Å²) in [6.45, 7) is 1.75. The van der Waals surface area contributed by atoms with Gasteiger partial charge >= 0.3 is 0 Å². The molecule has 3 rings (SSSR count). The lowest BCUT2D eigenvalue weighted by Gasteiger charge is -2.09. The van der Waals surface area contributed by atoms with Crippen LogP contribution in [0.2, 0.25) is 0 Å². The SMILES string of the molecule is COc1ccc(C(=O)[C@@H](C)n2nnc(-c3ccc(Br)cc3)n2)cc1. The molecule has 6 nitrogen and oxygen atoms in total. The van der Waals surface area contributed by atoms with Crippen LogP contribution in [0, 0.1) is 0 Å². The summed E-state index contributed by atoms with van der Waals surface area (Å²) in [7, 11) is 1.59. The van der Waals surface area contributed by atoms with Crippen LogP contribution >= 0.6 is 15.9 Å². The van der Waals surface area contributed by atoms with Crippen molar-refractivity contribution in [2.45, 2.75) is 13.0 Å². The molecule has 0 aliphatic heterocycles. The minimum Gasteiger partial charge on any atom is -0.497 e. The Kier molecular flexibility index (Phi) is 4.71. The molecule has 0 fully saturated rings. The van der Waals surface area contributed by atoms with Crippen LogP contribution in [-0.2, 0) is 0 Å². The molecule has 0 saturated carbocycles. The number of hydrogen-bond donors (Lipinski definition) is 0. The van der Waals surface area contributed by atoms with Gasteiger partial charge in [0, 0.05) is 15.6 Å². The van der Waals surface area contributed by atoms with Gasteiger partial charge in [0.1, 0.15) is 11.8 Å². The number of benzene rings is 2. The maximum atomic E-state index is 12.6. The van der Waals surface area contributed by atoms with Crippen molar-refractivity contribution in [3.63, 3.8) is 0 Å². The molecule has 24 heavy (non-hydrogen) atoms. The zero-order valence-electron chi connectivity index (χ0n) is 13.2. The largest absolute Gasteiger partial charge is 0.497 e. The molecule has 0 radical (unpaired) electrons. The fraction of sp³-hybridized carbons (Fsp3) is 0.176. The molecule has 0 unspecified atom stereocenters. The number of ether oxygens (including phenoxy) is 1. The second-order valence-electron chi connectivity index (χ2n) is 5.21. The summed E-state index contributed by atoms with van der Waals surface area (Å²) in [5, 5.41) is 12.4. The Balaban J connectivity index is 1.80. The summed E-state index contributed by atoms with van der Waals surface area (Å²) in [6.07, 6.45) is 0. The first kappa shape index (κ1) is 16.3. The lowest BCUT2D eigenvalue weighted by atomic mass is 10.1. The molecule has 7 heteroatoms. The molecule has 0 spiro atoms. The van der Waals surface area contributed by atoms with Crippen LogP contribution in [0.25, 0.3) is 11.4 Å². The molecule has 0 aliphatic carbocycles. The Morgan fingerprint density at radius 1 is 1.12 bits per heavy atom. The first-order valence-electron chi connectivity index (χ1n) is 7.32. The number of halogens is 1. The lowest BCUT2D eigenvalue weighted by molar-refractivity contribution is 0.0918. The summed E-state index contributed by atoms with van der Waals surface area (Å²) >= 11 is 3.39. The van der Waals surface area contributed by atoms with E-state index in [9.17, 15) is 4.79 Å². The Morgan fingerprint density at radius 3 is 2.42 bits per heavy atom. The second kappa shape index (κ2) is 6.92. The van der Waals surface area contributed by atoms with E-state index >= 15 is 0 Å². The van der Waals surface area contributed by atoms with E-state index in [0.717, 1.165) is 10.0 Å². The first-order chi connectivity index (χ1) is 11.6. The molecule has 0 bridgehead atoms. The third kappa shape index (κ3) is 3.35. The molecule has 3 aromatic rings. The van der Waals surface area contributed by atoms with Crippen molar-refractivity contribution >= 4 is 21.7 Å². The number of carbonyl (C=O) groups excluding carboxylic acids is 1. The van der Waals surface area contributed by atoms with Crippen molar-refractivity contribution in [2.75, 3.05) is 7.11 Å². The van der Waals surface area contributed by atoms with Gasteiger partial charge in [-0.15, -0.1) is 10.2 Å². The van der Waals surface area contributed by atoms with Gasteiger partial charge in [-0.3, -0.25) is 4.79 Å². The molecule has 1 aromatic heterocycles. The summed E-state index contributed by atoms with van der Waals surface area (Å²) in [6, 6.07) is 14.0. The predicted octanol–water partition coefficient (Wildman–Crippen LogP) is 3.56. The van der Waals surface area contributed by atoms with Gasteiger partial charge in [-0.2, -0.15) is 4.80 Å². The highest BCUT2D eigenvalue weighted by atomic mass is 79.9. The number of ketones is 1. The Labute approximate surface area is 147 Å². The summed E-state index contributed by atoms with van der Waals surface area (Å²) < 4.78 is 6.07. The van der Waals surface area contributed by atoms with E-state index in [1.807, 2.05) is 24.3 Å². The van der Waals surface area contributed by atoms with E-state index in [1.165, 1.54) is 4.80 Å². The van der Waals surface area contributed by atoms with Crippen LogP contribution in [0.3, 0.4) is 0 Å². The van der Waals surface area contributed by atoms with Gasteiger partial charge < -0.3 is 4.74 Å². The normalized spacial score (nSPS) is 12.0. The van der Waals surface area contributed by atoms with Gasteiger partial charge in [0.05, 0.1) is 7.11 Å². The summed E-state index contributed by atoms with van der Waals surface area (Å²) in [5.41, 5.74) is 1.42. The molecular formula is C17H15BrN4O2. The van der Waals surface area contributed by atoms with Gasteiger partial charge in [0.15, 0.2) is 5.78 Å². The van der Waals surface area contributed by atoms with E-state index in [4.69, 9.17) is 4.74 Å². The highest BCUT2D eigenvalue weighted by Gasteiger charge is 2.20. The lowest BCUT2D eigenvalue weighted by Crippen LogP contribution is -2.19. The molecule has 0 aliphatic rings. The number of carbonyl (C=O) groups is 1. The number of nitrogens with zero attached hydrogens (tertiary/aromatic N) is 4. The van der Waals surface area contributed by atoms with Crippen LogP contribution in [0.5, 0.6) is 5.75 Å². The monoisotopic (exact) mass is 386 g/mol. The molecule has 1 heterocycles. The zero-order chi connectivity index (χ0) is 17.1. The van der Waals surface area contributed by atoms with Gasteiger partial charge in [-0.05, 0) is 60.7 Å². The summed E-state index contributed by atoms with van der Waals surface area (Å²) in [5.74, 6) is 1.10.